The van der Waals surface area contributed by atoms with Crippen LogP contribution in [0.15, 0.2) is 23.2 Å². The number of amidine groups is 1. The molecule has 0 aromatic heterocycles. The van der Waals surface area contributed by atoms with E-state index in [-0.39, 0.29) is 24.2 Å². The number of hydrogen-bond acceptors (Lipinski definition) is 5. The van der Waals surface area contributed by atoms with Gasteiger partial charge in [0, 0.05) is 11.3 Å². The van der Waals surface area contributed by atoms with Gasteiger partial charge < -0.3 is 11.5 Å². The molecule has 1 saturated heterocycles. The number of alkyl halides is 1. The van der Waals surface area contributed by atoms with Gasteiger partial charge in [0.1, 0.15) is 23.9 Å². The molecule has 0 spiro atoms. The van der Waals surface area contributed by atoms with Crippen LogP contribution in [-0.4, -0.2) is 30.9 Å². The molecule has 8 heteroatoms. The lowest BCUT2D eigenvalue weighted by atomic mass is 9.86. The van der Waals surface area contributed by atoms with Crippen molar-refractivity contribution in [1.82, 2.24) is 0 Å². The summed E-state index contributed by atoms with van der Waals surface area (Å²) >= 11 is 0. The molecule has 120 valence electrons. The molecule has 1 fully saturated rings. The number of nitrogens with two attached hydrogens (primary N) is 2. The van der Waals surface area contributed by atoms with Gasteiger partial charge in [-0.05, 0) is 38.0 Å². The minimum absolute atomic E-state index is 0.0609. The fourth-order valence-corrected chi connectivity index (χ4v) is 6.24. The zero-order valence-electron chi connectivity index (χ0n) is 12.0. The standard InChI is InChI=1S/C14H17F2N3O2S/c1-13(9-6-8(17)2-3-10(9)16)11-4-5-14(7-15,12(18)19-13)22(11,20)21/h2-3,6,11H,4-5,7,17H2,1H3,(H2,18,19)/t11-,13+,14-/m0/s1. The third kappa shape index (κ3) is 1.61. The van der Waals surface area contributed by atoms with Crippen molar-refractivity contribution in [3.05, 3.63) is 29.6 Å². The van der Waals surface area contributed by atoms with Crippen LogP contribution in [0.25, 0.3) is 0 Å². The SMILES string of the molecule is C[C@]1(c2cc(N)ccc2F)N=C(N)[C@@]2(CF)CC[C@@H]1S2(=O)=O. The summed E-state index contributed by atoms with van der Waals surface area (Å²) in [5.74, 6) is -0.892. The zero-order chi connectivity index (χ0) is 16.3. The van der Waals surface area contributed by atoms with E-state index in [2.05, 4.69) is 4.99 Å². The first-order valence-electron chi connectivity index (χ1n) is 6.90. The van der Waals surface area contributed by atoms with Crippen LogP contribution in [0.4, 0.5) is 14.5 Å². The molecule has 2 aliphatic heterocycles. The van der Waals surface area contributed by atoms with Crippen molar-refractivity contribution < 1.29 is 17.2 Å². The van der Waals surface area contributed by atoms with E-state index >= 15 is 0 Å². The second kappa shape index (κ2) is 4.41. The third-order valence-electron chi connectivity index (χ3n) is 4.93. The van der Waals surface area contributed by atoms with Gasteiger partial charge in [0.2, 0.25) is 0 Å². The van der Waals surface area contributed by atoms with E-state index in [1.807, 2.05) is 0 Å². The highest BCUT2D eigenvalue weighted by Crippen LogP contribution is 2.51. The number of anilines is 1. The molecule has 4 N–H and O–H groups in total. The number of nitrogens with zero attached hydrogens (tertiary/aromatic N) is 1. The summed E-state index contributed by atoms with van der Waals surface area (Å²) in [5, 5.41) is -1.01. The third-order valence-corrected chi connectivity index (χ3v) is 7.98. The second-order valence-corrected chi connectivity index (χ2v) is 8.52. The molecule has 0 radical (unpaired) electrons. The first kappa shape index (κ1) is 15.2. The number of sulfone groups is 1. The minimum atomic E-state index is -3.91. The molecule has 3 atom stereocenters. The average Bonchev–Trinajstić information content (AvgIpc) is 2.65. The Bertz CT molecular complexity index is 780. The van der Waals surface area contributed by atoms with Crippen molar-refractivity contribution in [3.63, 3.8) is 0 Å². The van der Waals surface area contributed by atoms with E-state index in [9.17, 15) is 17.2 Å². The van der Waals surface area contributed by atoms with Crippen LogP contribution < -0.4 is 11.5 Å². The van der Waals surface area contributed by atoms with Gasteiger partial charge in [0.05, 0.1) is 5.25 Å². The Balaban J connectivity index is 2.30. The van der Waals surface area contributed by atoms with Crippen LogP contribution in [0.1, 0.15) is 25.3 Å². The molecule has 0 saturated carbocycles. The van der Waals surface area contributed by atoms with Gasteiger partial charge in [0.25, 0.3) is 0 Å². The fraction of sp³-hybridized carbons (Fsp3) is 0.500. The van der Waals surface area contributed by atoms with Crippen LogP contribution in [0.5, 0.6) is 0 Å². The summed E-state index contributed by atoms with van der Waals surface area (Å²) in [4.78, 5) is 4.23. The smallest absolute Gasteiger partial charge is 0.171 e. The Morgan fingerprint density at radius 3 is 2.73 bits per heavy atom. The quantitative estimate of drug-likeness (QED) is 0.799. The summed E-state index contributed by atoms with van der Waals surface area (Å²) in [5.41, 5.74) is 10.5. The number of halogens is 2. The first-order valence-corrected chi connectivity index (χ1v) is 8.44. The molecule has 2 bridgehead atoms. The van der Waals surface area contributed by atoms with E-state index in [0.29, 0.717) is 5.69 Å². The maximum absolute atomic E-state index is 14.2. The Labute approximate surface area is 127 Å². The molecular weight excluding hydrogens is 312 g/mol. The van der Waals surface area contributed by atoms with E-state index < -0.39 is 37.9 Å². The fourth-order valence-electron chi connectivity index (χ4n) is 3.59. The molecule has 22 heavy (non-hydrogen) atoms. The molecule has 3 rings (SSSR count). The van der Waals surface area contributed by atoms with E-state index in [0.717, 1.165) is 0 Å². The predicted molar refractivity (Wildman–Crippen MR) is 80.4 cm³/mol. The Morgan fingerprint density at radius 1 is 1.41 bits per heavy atom. The van der Waals surface area contributed by atoms with Gasteiger partial charge in [-0.2, -0.15) is 0 Å². The Hall–Kier alpha value is -1.70. The lowest BCUT2D eigenvalue weighted by Gasteiger charge is -2.39. The van der Waals surface area contributed by atoms with Crippen molar-refractivity contribution in [2.45, 2.75) is 35.3 Å². The van der Waals surface area contributed by atoms with Gasteiger partial charge in [-0.15, -0.1) is 0 Å². The van der Waals surface area contributed by atoms with Crippen LogP contribution >= 0.6 is 0 Å². The second-order valence-electron chi connectivity index (χ2n) is 6.08. The van der Waals surface area contributed by atoms with Crippen LogP contribution in [0.3, 0.4) is 0 Å². The normalized spacial score (nSPS) is 36.1. The molecule has 0 amide bonds. The number of fused-ring (bicyclic) bond motifs is 2. The van der Waals surface area contributed by atoms with E-state index in [4.69, 9.17) is 11.5 Å². The van der Waals surface area contributed by atoms with Crippen molar-refractivity contribution in [3.8, 4) is 0 Å². The highest BCUT2D eigenvalue weighted by atomic mass is 32.2. The topological polar surface area (TPSA) is 98.5 Å². The summed E-state index contributed by atoms with van der Waals surface area (Å²) in [6.07, 6.45) is 0.243. The summed E-state index contributed by atoms with van der Waals surface area (Å²) < 4.78 is 51.5. The Morgan fingerprint density at radius 2 is 2.09 bits per heavy atom. The van der Waals surface area contributed by atoms with E-state index in [1.54, 1.807) is 0 Å². The molecule has 0 unspecified atom stereocenters. The maximum atomic E-state index is 14.2. The Kier molecular flexibility index (Phi) is 3.05. The summed E-state index contributed by atoms with van der Waals surface area (Å²) in [7, 11) is -3.91. The molecular formula is C14H17F2N3O2S. The summed E-state index contributed by atoms with van der Waals surface area (Å²) in [6, 6.07) is 3.91. The largest absolute Gasteiger partial charge is 0.399 e. The zero-order valence-corrected chi connectivity index (χ0v) is 12.8. The first-order chi connectivity index (χ1) is 10.2. The van der Waals surface area contributed by atoms with Gasteiger partial charge in [-0.1, -0.05) is 0 Å². The molecule has 2 heterocycles. The lowest BCUT2D eigenvalue weighted by Crippen LogP contribution is -2.58. The highest BCUT2D eigenvalue weighted by molar-refractivity contribution is 7.94. The van der Waals surface area contributed by atoms with Gasteiger partial charge in [0.15, 0.2) is 14.6 Å². The molecule has 2 aliphatic rings. The molecule has 1 aromatic carbocycles. The molecule has 0 aliphatic carbocycles. The number of benzene rings is 1. The maximum Gasteiger partial charge on any atom is 0.171 e. The lowest BCUT2D eigenvalue weighted by molar-refractivity contribution is 0.415. The van der Waals surface area contributed by atoms with Crippen molar-refractivity contribution in [2.75, 3.05) is 12.4 Å². The van der Waals surface area contributed by atoms with Crippen molar-refractivity contribution >= 4 is 21.4 Å². The van der Waals surface area contributed by atoms with Crippen LogP contribution in [0, 0.1) is 5.82 Å². The highest BCUT2D eigenvalue weighted by Gasteiger charge is 2.65. The number of nitrogen functional groups attached to an aromatic ring is 1. The average molecular weight is 329 g/mol. The summed E-state index contributed by atoms with van der Waals surface area (Å²) in [6.45, 7) is 0.393. The van der Waals surface area contributed by atoms with Crippen LogP contribution in [0.2, 0.25) is 0 Å². The minimum Gasteiger partial charge on any atom is -0.399 e. The predicted octanol–water partition coefficient (Wildman–Crippen LogP) is 1.28. The number of aliphatic imine (C=N–C) groups is 1. The van der Waals surface area contributed by atoms with Gasteiger partial charge in [-0.3, -0.25) is 4.99 Å². The molecule has 1 aromatic rings. The number of hydrogen-bond donors (Lipinski definition) is 2. The van der Waals surface area contributed by atoms with Gasteiger partial charge >= 0.3 is 0 Å². The van der Waals surface area contributed by atoms with Gasteiger partial charge in [-0.25, -0.2) is 17.2 Å². The number of rotatable bonds is 2. The van der Waals surface area contributed by atoms with Crippen molar-refractivity contribution in [1.29, 1.82) is 0 Å². The monoisotopic (exact) mass is 329 g/mol. The molecule has 5 nitrogen and oxygen atoms in total. The van der Waals surface area contributed by atoms with Crippen molar-refractivity contribution in [2.24, 2.45) is 10.7 Å². The van der Waals surface area contributed by atoms with Crippen LogP contribution in [-0.2, 0) is 15.4 Å². The van der Waals surface area contributed by atoms with E-state index in [1.165, 1.54) is 25.1 Å².